The van der Waals surface area contributed by atoms with Gasteiger partial charge in [-0.05, 0) is 19.4 Å². The van der Waals surface area contributed by atoms with Crippen LogP contribution in [0.5, 0.6) is 0 Å². The second-order valence-electron chi connectivity index (χ2n) is 5.17. The lowest BCUT2D eigenvalue weighted by atomic mass is 10.0. The van der Waals surface area contributed by atoms with Crippen LogP contribution in [0.15, 0.2) is 0 Å². The molecule has 1 amide bonds. The van der Waals surface area contributed by atoms with Gasteiger partial charge in [0, 0.05) is 38.6 Å². The third-order valence-corrected chi connectivity index (χ3v) is 3.42. The largest absolute Gasteiger partial charge is 0.359 e. The number of carbonyl (C=O) groups excluding carboxylic acids is 1. The molecule has 0 saturated carbocycles. The van der Waals surface area contributed by atoms with Crippen molar-refractivity contribution in [2.45, 2.75) is 51.6 Å². The van der Waals surface area contributed by atoms with Gasteiger partial charge in [0.15, 0.2) is 0 Å². The number of nitrogens with one attached hydrogen (secondary N) is 2. The Morgan fingerprint density at radius 3 is 2.82 bits per heavy atom. The van der Waals surface area contributed by atoms with Crippen LogP contribution >= 0.6 is 0 Å². The molecule has 0 aliphatic carbocycles. The van der Waals surface area contributed by atoms with Crippen LogP contribution < -0.4 is 10.6 Å². The molecule has 1 fully saturated rings. The summed E-state index contributed by atoms with van der Waals surface area (Å²) in [6.45, 7) is 7.44. The fourth-order valence-electron chi connectivity index (χ4n) is 2.33. The molecule has 0 aromatic carbocycles. The normalized spacial score (nSPS) is 21.8. The van der Waals surface area contributed by atoms with Crippen LogP contribution in [0.1, 0.15) is 39.5 Å². The van der Waals surface area contributed by atoms with E-state index in [1.807, 2.05) is 0 Å². The summed E-state index contributed by atoms with van der Waals surface area (Å²) in [5, 5.41) is 6.19. The highest BCUT2D eigenvalue weighted by Gasteiger charge is 2.22. The minimum absolute atomic E-state index is 0.145. The molecule has 0 aromatic heterocycles. The molecule has 1 atom stereocenters. The van der Waals surface area contributed by atoms with Gasteiger partial charge in [0.05, 0.1) is 0 Å². The fraction of sp³-hybridized carbons (Fsp3) is 0.923. The van der Waals surface area contributed by atoms with Gasteiger partial charge in [-0.2, -0.15) is 0 Å². The molecule has 100 valence electrons. The minimum atomic E-state index is 0.145. The van der Waals surface area contributed by atoms with E-state index in [2.05, 4.69) is 29.4 Å². The zero-order valence-electron chi connectivity index (χ0n) is 11.5. The van der Waals surface area contributed by atoms with Crippen LogP contribution in [-0.2, 0) is 4.79 Å². The third kappa shape index (κ3) is 5.50. The van der Waals surface area contributed by atoms with Gasteiger partial charge in [0.2, 0.25) is 5.91 Å². The number of likely N-dealkylation sites (tertiary alicyclic amines) is 1. The SMILES string of the molecule is CNC(=O)CCN1CCCCC1CNC(C)C. The highest BCUT2D eigenvalue weighted by molar-refractivity contribution is 5.75. The van der Waals surface area contributed by atoms with E-state index < -0.39 is 0 Å². The quantitative estimate of drug-likeness (QED) is 0.728. The van der Waals surface area contributed by atoms with Gasteiger partial charge >= 0.3 is 0 Å². The van der Waals surface area contributed by atoms with Gasteiger partial charge in [0.1, 0.15) is 0 Å². The molecule has 0 bridgehead atoms. The van der Waals surface area contributed by atoms with E-state index in [9.17, 15) is 4.79 Å². The first-order valence-corrected chi connectivity index (χ1v) is 6.81. The summed E-state index contributed by atoms with van der Waals surface area (Å²) in [6.07, 6.45) is 4.47. The van der Waals surface area contributed by atoms with E-state index in [0.717, 1.165) is 19.6 Å². The number of nitrogens with zero attached hydrogens (tertiary/aromatic N) is 1. The molecule has 1 saturated heterocycles. The lowest BCUT2D eigenvalue weighted by Crippen LogP contribution is -2.47. The molecule has 17 heavy (non-hydrogen) atoms. The van der Waals surface area contributed by atoms with Crippen LogP contribution in [0.2, 0.25) is 0 Å². The second kappa shape index (κ2) is 7.67. The maximum absolute atomic E-state index is 11.3. The third-order valence-electron chi connectivity index (χ3n) is 3.42. The zero-order valence-corrected chi connectivity index (χ0v) is 11.5. The Labute approximate surface area is 105 Å². The molecule has 4 nitrogen and oxygen atoms in total. The molecule has 1 unspecified atom stereocenters. The Hall–Kier alpha value is -0.610. The Morgan fingerprint density at radius 2 is 2.18 bits per heavy atom. The van der Waals surface area contributed by atoms with Crippen LogP contribution in [0.3, 0.4) is 0 Å². The van der Waals surface area contributed by atoms with Gasteiger partial charge in [-0.15, -0.1) is 0 Å². The zero-order chi connectivity index (χ0) is 12.7. The molecule has 2 N–H and O–H groups in total. The number of amides is 1. The van der Waals surface area contributed by atoms with Crippen molar-refractivity contribution in [3.8, 4) is 0 Å². The summed E-state index contributed by atoms with van der Waals surface area (Å²) in [7, 11) is 1.70. The monoisotopic (exact) mass is 241 g/mol. The molecule has 1 rings (SSSR count). The summed E-state index contributed by atoms with van der Waals surface area (Å²) in [5.74, 6) is 0.145. The first-order valence-electron chi connectivity index (χ1n) is 6.81. The van der Waals surface area contributed by atoms with Gasteiger partial charge < -0.3 is 10.6 Å². The number of carbonyl (C=O) groups is 1. The predicted molar refractivity (Wildman–Crippen MR) is 71.0 cm³/mol. The first-order chi connectivity index (χ1) is 8.13. The lowest BCUT2D eigenvalue weighted by molar-refractivity contribution is -0.121. The molecular formula is C13H27N3O. The van der Waals surface area contributed by atoms with Crippen molar-refractivity contribution >= 4 is 5.91 Å². The average Bonchev–Trinajstić information content (AvgIpc) is 2.34. The van der Waals surface area contributed by atoms with Crippen LogP contribution in [0, 0.1) is 0 Å². The summed E-state index contributed by atoms with van der Waals surface area (Å²) in [6, 6.07) is 1.15. The smallest absolute Gasteiger partial charge is 0.221 e. The Balaban J connectivity index is 2.34. The van der Waals surface area contributed by atoms with Crippen molar-refractivity contribution in [2.24, 2.45) is 0 Å². The summed E-state index contributed by atoms with van der Waals surface area (Å²) in [5.41, 5.74) is 0. The summed E-state index contributed by atoms with van der Waals surface area (Å²) >= 11 is 0. The van der Waals surface area contributed by atoms with Crippen molar-refractivity contribution in [1.29, 1.82) is 0 Å². The van der Waals surface area contributed by atoms with Crippen LogP contribution in [0.25, 0.3) is 0 Å². The molecule has 1 aliphatic heterocycles. The molecule has 0 radical (unpaired) electrons. The highest BCUT2D eigenvalue weighted by Crippen LogP contribution is 2.16. The summed E-state index contributed by atoms with van der Waals surface area (Å²) in [4.78, 5) is 13.7. The standard InChI is InChI=1S/C13H27N3O/c1-11(2)15-10-12-6-4-5-8-16(12)9-7-13(17)14-3/h11-12,15H,4-10H2,1-3H3,(H,14,17). The minimum Gasteiger partial charge on any atom is -0.359 e. The van der Waals surface area contributed by atoms with Gasteiger partial charge in [-0.1, -0.05) is 20.3 Å². The molecule has 0 spiro atoms. The maximum Gasteiger partial charge on any atom is 0.221 e. The van der Waals surface area contributed by atoms with E-state index in [1.165, 1.54) is 19.3 Å². The van der Waals surface area contributed by atoms with E-state index in [-0.39, 0.29) is 5.91 Å². The second-order valence-corrected chi connectivity index (χ2v) is 5.17. The van der Waals surface area contributed by atoms with E-state index in [0.29, 0.717) is 18.5 Å². The topological polar surface area (TPSA) is 44.4 Å². The number of hydrogen-bond donors (Lipinski definition) is 2. The highest BCUT2D eigenvalue weighted by atomic mass is 16.1. The van der Waals surface area contributed by atoms with Gasteiger partial charge in [0.25, 0.3) is 0 Å². The Morgan fingerprint density at radius 1 is 1.41 bits per heavy atom. The van der Waals surface area contributed by atoms with Crippen LogP contribution in [-0.4, -0.2) is 49.6 Å². The van der Waals surface area contributed by atoms with E-state index in [1.54, 1.807) is 7.05 Å². The number of hydrogen-bond acceptors (Lipinski definition) is 3. The fourth-order valence-corrected chi connectivity index (χ4v) is 2.33. The lowest BCUT2D eigenvalue weighted by Gasteiger charge is -2.36. The van der Waals surface area contributed by atoms with E-state index in [4.69, 9.17) is 0 Å². The molecule has 4 heteroatoms. The van der Waals surface area contributed by atoms with Gasteiger partial charge in [-0.3, -0.25) is 9.69 Å². The predicted octanol–water partition coefficient (Wildman–Crippen LogP) is 0.975. The van der Waals surface area contributed by atoms with E-state index >= 15 is 0 Å². The van der Waals surface area contributed by atoms with Crippen molar-refractivity contribution in [1.82, 2.24) is 15.5 Å². The number of piperidine rings is 1. The first kappa shape index (κ1) is 14.5. The van der Waals surface area contributed by atoms with Gasteiger partial charge in [-0.25, -0.2) is 0 Å². The van der Waals surface area contributed by atoms with Crippen LogP contribution in [0.4, 0.5) is 0 Å². The van der Waals surface area contributed by atoms with Crippen molar-refractivity contribution in [3.63, 3.8) is 0 Å². The Kier molecular flexibility index (Phi) is 6.52. The number of rotatable bonds is 6. The maximum atomic E-state index is 11.3. The molecular weight excluding hydrogens is 214 g/mol. The molecule has 1 heterocycles. The van der Waals surface area contributed by atoms with Crippen molar-refractivity contribution < 1.29 is 4.79 Å². The van der Waals surface area contributed by atoms with Crippen molar-refractivity contribution in [3.05, 3.63) is 0 Å². The Bertz CT molecular complexity index is 231. The summed E-state index contributed by atoms with van der Waals surface area (Å²) < 4.78 is 0. The van der Waals surface area contributed by atoms with Crippen molar-refractivity contribution in [2.75, 3.05) is 26.7 Å². The molecule has 0 aromatic rings. The average molecular weight is 241 g/mol. The molecule has 1 aliphatic rings.